The van der Waals surface area contributed by atoms with Crippen LogP contribution in [0.25, 0.3) is 0 Å². The van der Waals surface area contributed by atoms with Gasteiger partial charge in [-0.3, -0.25) is 14.4 Å². The molecule has 0 bridgehead atoms. The van der Waals surface area contributed by atoms with E-state index in [1.165, 1.54) is 218 Å². The predicted molar refractivity (Wildman–Crippen MR) is 325 cm³/mol. The van der Waals surface area contributed by atoms with Crippen molar-refractivity contribution < 1.29 is 28.6 Å². The maximum Gasteiger partial charge on any atom is 0.306 e. The molecule has 0 amide bonds. The lowest BCUT2D eigenvalue weighted by Crippen LogP contribution is -2.30. The Bertz CT molecular complexity index is 1300. The highest BCUT2D eigenvalue weighted by molar-refractivity contribution is 5.71. The minimum atomic E-state index is -0.778. The Hall–Kier alpha value is -2.63. The lowest BCUT2D eigenvalue weighted by Gasteiger charge is -2.18. The van der Waals surface area contributed by atoms with E-state index in [9.17, 15) is 14.4 Å². The molecule has 0 fully saturated rings. The molecular formula is C69H126O6. The molecule has 0 aliphatic heterocycles. The molecule has 0 aliphatic rings. The number of allylic oxidation sites excluding steroid dienone is 8. The molecule has 0 heterocycles. The van der Waals surface area contributed by atoms with Crippen molar-refractivity contribution in [3.63, 3.8) is 0 Å². The highest BCUT2D eigenvalue weighted by atomic mass is 16.6. The van der Waals surface area contributed by atoms with E-state index in [2.05, 4.69) is 69.4 Å². The molecule has 0 aromatic rings. The van der Waals surface area contributed by atoms with Gasteiger partial charge in [0.05, 0.1) is 0 Å². The van der Waals surface area contributed by atoms with Crippen LogP contribution in [0.5, 0.6) is 0 Å². The van der Waals surface area contributed by atoms with Crippen LogP contribution >= 0.6 is 0 Å². The molecule has 0 saturated carbocycles. The third-order valence-electron chi connectivity index (χ3n) is 14.8. The first-order chi connectivity index (χ1) is 37.0. The first-order valence-corrected chi connectivity index (χ1v) is 33.1. The van der Waals surface area contributed by atoms with Gasteiger partial charge in [-0.2, -0.15) is 0 Å². The Morgan fingerprint density at radius 2 is 0.520 bits per heavy atom. The van der Waals surface area contributed by atoms with Crippen molar-refractivity contribution in [2.45, 2.75) is 361 Å². The summed E-state index contributed by atoms with van der Waals surface area (Å²) in [6.45, 7) is 6.58. The third-order valence-corrected chi connectivity index (χ3v) is 14.8. The fraction of sp³-hybridized carbons (Fsp3) is 0.841. The van der Waals surface area contributed by atoms with Crippen molar-refractivity contribution in [2.24, 2.45) is 0 Å². The predicted octanol–water partition coefficient (Wildman–Crippen LogP) is 22.6. The summed E-state index contributed by atoms with van der Waals surface area (Å²) in [5, 5.41) is 0. The van der Waals surface area contributed by atoms with Gasteiger partial charge >= 0.3 is 17.9 Å². The number of rotatable bonds is 61. The Labute approximate surface area is 467 Å². The Balaban J connectivity index is 4.26. The van der Waals surface area contributed by atoms with Crippen LogP contribution in [0.15, 0.2) is 48.6 Å². The second kappa shape index (κ2) is 63.9. The fourth-order valence-corrected chi connectivity index (χ4v) is 9.91. The minimum absolute atomic E-state index is 0.0741. The summed E-state index contributed by atoms with van der Waals surface area (Å²) in [4.78, 5) is 38.3. The molecule has 0 N–H and O–H groups in total. The van der Waals surface area contributed by atoms with Crippen LogP contribution in [0.2, 0.25) is 0 Å². The van der Waals surface area contributed by atoms with E-state index in [0.29, 0.717) is 19.3 Å². The minimum Gasteiger partial charge on any atom is -0.462 e. The van der Waals surface area contributed by atoms with Gasteiger partial charge in [-0.25, -0.2) is 0 Å². The van der Waals surface area contributed by atoms with Gasteiger partial charge in [0, 0.05) is 19.3 Å². The van der Waals surface area contributed by atoms with Crippen molar-refractivity contribution >= 4 is 17.9 Å². The summed E-state index contributed by atoms with van der Waals surface area (Å²) < 4.78 is 16.9. The van der Waals surface area contributed by atoms with Crippen LogP contribution in [0, 0.1) is 0 Å². The van der Waals surface area contributed by atoms with Crippen molar-refractivity contribution in [1.29, 1.82) is 0 Å². The molecule has 0 aromatic heterocycles. The lowest BCUT2D eigenvalue weighted by atomic mass is 10.0. The molecule has 6 nitrogen and oxygen atoms in total. The van der Waals surface area contributed by atoms with E-state index in [0.717, 1.165) is 96.3 Å². The molecule has 6 heteroatoms. The van der Waals surface area contributed by atoms with E-state index in [1.54, 1.807) is 0 Å². The maximum absolute atomic E-state index is 12.9. The fourth-order valence-electron chi connectivity index (χ4n) is 9.91. The van der Waals surface area contributed by atoms with Gasteiger partial charge in [0.1, 0.15) is 13.2 Å². The van der Waals surface area contributed by atoms with Crippen LogP contribution < -0.4 is 0 Å². The highest BCUT2D eigenvalue weighted by Gasteiger charge is 2.19. The van der Waals surface area contributed by atoms with E-state index < -0.39 is 6.10 Å². The van der Waals surface area contributed by atoms with Crippen LogP contribution in [-0.4, -0.2) is 37.2 Å². The van der Waals surface area contributed by atoms with E-state index in [1.807, 2.05) is 0 Å². The zero-order valence-electron chi connectivity index (χ0n) is 50.3. The van der Waals surface area contributed by atoms with Crippen LogP contribution in [0.4, 0.5) is 0 Å². The number of hydrogen-bond donors (Lipinski definition) is 0. The first kappa shape index (κ1) is 72.4. The van der Waals surface area contributed by atoms with E-state index >= 15 is 0 Å². The third kappa shape index (κ3) is 62.1. The summed E-state index contributed by atoms with van der Waals surface area (Å²) in [7, 11) is 0. The largest absolute Gasteiger partial charge is 0.462 e. The SMILES string of the molecule is CC/C=C\C/C=C\C/C=C\C/C=C\CCCCCCCCC(=O)OC(COC(=O)CCCCCCCCCCCCCCC)COC(=O)CCCCCCCCCCCCCCCCCCCCCCCCCCC. The van der Waals surface area contributed by atoms with Gasteiger partial charge in [-0.15, -0.1) is 0 Å². The molecule has 0 saturated heterocycles. The second-order valence-corrected chi connectivity index (χ2v) is 22.4. The summed E-state index contributed by atoms with van der Waals surface area (Å²) in [6.07, 6.45) is 79.9. The Morgan fingerprint density at radius 1 is 0.280 bits per heavy atom. The van der Waals surface area contributed by atoms with Gasteiger partial charge < -0.3 is 14.2 Å². The number of carbonyl (C=O) groups is 3. The standard InChI is InChI=1S/C69H126O6/c1-4-7-10-13-16-19-22-25-27-29-31-32-33-34-35-36-38-39-41-44-47-50-53-56-59-62-68(71)74-65-66(64-73-67(70)61-58-55-52-49-46-43-24-21-18-15-12-9-6-3)75-69(72)63-60-57-54-51-48-45-42-40-37-30-28-26-23-20-17-14-11-8-5-2/h8,11,17,20,26,28,37,40,66H,4-7,9-10,12-16,18-19,21-25,27,29-36,38-39,41-65H2,1-3H3/b11-8-,20-17-,28-26-,40-37-. The smallest absolute Gasteiger partial charge is 0.306 e. The summed E-state index contributed by atoms with van der Waals surface area (Å²) in [6, 6.07) is 0. The molecule has 0 aliphatic carbocycles. The van der Waals surface area contributed by atoms with Crippen molar-refractivity contribution in [3.8, 4) is 0 Å². The van der Waals surface area contributed by atoms with E-state index in [-0.39, 0.29) is 31.1 Å². The number of carbonyl (C=O) groups excluding carboxylic acids is 3. The summed E-state index contributed by atoms with van der Waals surface area (Å²) in [5.74, 6) is -0.864. The number of hydrogen-bond acceptors (Lipinski definition) is 6. The monoisotopic (exact) mass is 1050 g/mol. The molecular weight excluding hydrogens is 925 g/mol. The molecule has 1 atom stereocenters. The number of unbranched alkanes of at least 4 members (excludes halogenated alkanes) is 42. The average Bonchev–Trinajstić information content (AvgIpc) is 3.41. The zero-order valence-corrected chi connectivity index (χ0v) is 50.3. The van der Waals surface area contributed by atoms with Crippen LogP contribution in [0.1, 0.15) is 355 Å². The van der Waals surface area contributed by atoms with E-state index in [4.69, 9.17) is 14.2 Å². The molecule has 0 spiro atoms. The summed E-state index contributed by atoms with van der Waals surface area (Å²) in [5.41, 5.74) is 0. The molecule has 1 unspecified atom stereocenters. The highest BCUT2D eigenvalue weighted by Crippen LogP contribution is 2.18. The Morgan fingerprint density at radius 3 is 0.813 bits per heavy atom. The lowest BCUT2D eigenvalue weighted by molar-refractivity contribution is -0.167. The molecule has 438 valence electrons. The first-order valence-electron chi connectivity index (χ1n) is 33.1. The number of ether oxygens (including phenoxy) is 3. The van der Waals surface area contributed by atoms with Gasteiger partial charge in [0.2, 0.25) is 0 Å². The average molecular weight is 1050 g/mol. The molecule has 0 rings (SSSR count). The van der Waals surface area contributed by atoms with Gasteiger partial charge in [-0.05, 0) is 57.8 Å². The molecule has 75 heavy (non-hydrogen) atoms. The molecule has 0 radical (unpaired) electrons. The maximum atomic E-state index is 12.9. The zero-order chi connectivity index (χ0) is 54.3. The second-order valence-electron chi connectivity index (χ2n) is 22.4. The van der Waals surface area contributed by atoms with Crippen LogP contribution in [0.3, 0.4) is 0 Å². The molecule has 0 aromatic carbocycles. The van der Waals surface area contributed by atoms with Crippen molar-refractivity contribution in [2.75, 3.05) is 13.2 Å². The normalized spacial score (nSPS) is 12.3. The number of esters is 3. The summed E-state index contributed by atoms with van der Waals surface area (Å²) >= 11 is 0. The van der Waals surface area contributed by atoms with Gasteiger partial charge in [0.25, 0.3) is 0 Å². The van der Waals surface area contributed by atoms with Crippen molar-refractivity contribution in [1.82, 2.24) is 0 Å². The van der Waals surface area contributed by atoms with Crippen LogP contribution in [-0.2, 0) is 28.6 Å². The van der Waals surface area contributed by atoms with Gasteiger partial charge in [0.15, 0.2) is 6.10 Å². The van der Waals surface area contributed by atoms with Crippen molar-refractivity contribution in [3.05, 3.63) is 48.6 Å². The van der Waals surface area contributed by atoms with Gasteiger partial charge in [-0.1, -0.05) is 326 Å². The quantitative estimate of drug-likeness (QED) is 0.0261. The topological polar surface area (TPSA) is 78.9 Å². The Kier molecular flexibility index (Phi) is 61.7.